The van der Waals surface area contributed by atoms with Crippen molar-refractivity contribution < 1.29 is 9.47 Å². The molecule has 1 N–H and O–H groups in total. The number of hydrazone groups is 1. The molecule has 124 valence electrons. The Hall–Kier alpha value is -3.00. The van der Waals surface area contributed by atoms with Gasteiger partial charge in [0.05, 0.1) is 18.1 Å². The van der Waals surface area contributed by atoms with Gasteiger partial charge in [0.1, 0.15) is 0 Å². The highest BCUT2D eigenvalue weighted by atomic mass is 79.9. The average Bonchev–Trinajstić information content (AvgIpc) is 3.10. The molecule has 0 spiro atoms. The van der Waals surface area contributed by atoms with E-state index in [1.54, 1.807) is 12.4 Å². The molecule has 7 nitrogen and oxygen atoms in total. The summed E-state index contributed by atoms with van der Waals surface area (Å²) in [6.45, 7) is 0.229. The van der Waals surface area contributed by atoms with Crippen LogP contribution < -0.4 is 14.9 Å². The third-order valence-corrected chi connectivity index (χ3v) is 4.18. The minimum absolute atomic E-state index is 0.229. The second kappa shape index (κ2) is 6.86. The van der Waals surface area contributed by atoms with Crippen LogP contribution in [0.15, 0.2) is 58.2 Å². The second-order valence-electron chi connectivity index (χ2n) is 5.13. The van der Waals surface area contributed by atoms with Crippen molar-refractivity contribution in [3.8, 4) is 22.8 Å². The molecule has 0 saturated carbocycles. The summed E-state index contributed by atoms with van der Waals surface area (Å²) < 4.78 is 11.5. The number of halogens is 1. The summed E-state index contributed by atoms with van der Waals surface area (Å²) in [6.07, 6.45) is 3.25. The van der Waals surface area contributed by atoms with Crippen molar-refractivity contribution in [2.45, 2.75) is 0 Å². The maximum Gasteiger partial charge on any atom is 0.263 e. The van der Waals surface area contributed by atoms with Crippen molar-refractivity contribution in [1.29, 1.82) is 0 Å². The van der Waals surface area contributed by atoms with Gasteiger partial charge < -0.3 is 9.47 Å². The summed E-state index contributed by atoms with van der Waals surface area (Å²) in [6, 6.07) is 13.4. The maximum atomic E-state index is 5.36. The number of hydrogen-bond donors (Lipinski definition) is 1. The first kappa shape index (κ1) is 15.5. The lowest BCUT2D eigenvalue weighted by atomic mass is 10.2. The van der Waals surface area contributed by atoms with Gasteiger partial charge in [-0.1, -0.05) is 30.3 Å². The molecule has 0 saturated heterocycles. The number of fused-ring (bicyclic) bond motifs is 1. The van der Waals surface area contributed by atoms with Crippen LogP contribution in [-0.4, -0.2) is 28.2 Å². The van der Waals surface area contributed by atoms with Gasteiger partial charge in [-0.25, -0.2) is 10.4 Å². The molecule has 0 bridgehead atoms. The van der Waals surface area contributed by atoms with Gasteiger partial charge in [0.25, 0.3) is 5.95 Å². The van der Waals surface area contributed by atoms with Crippen LogP contribution in [0.4, 0.5) is 5.95 Å². The number of ether oxygens (including phenoxy) is 2. The van der Waals surface area contributed by atoms with Crippen LogP contribution in [0, 0.1) is 0 Å². The van der Waals surface area contributed by atoms with Crippen LogP contribution in [-0.2, 0) is 0 Å². The topological polar surface area (TPSA) is 81.5 Å². The molecule has 0 fully saturated rings. The van der Waals surface area contributed by atoms with Crippen LogP contribution in [0.25, 0.3) is 11.3 Å². The first-order chi connectivity index (χ1) is 12.3. The lowest BCUT2D eigenvalue weighted by molar-refractivity contribution is 0.174. The minimum atomic E-state index is 0.229. The zero-order valence-electron chi connectivity index (χ0n) is 12.9. The fourth-order valence-corrected chi connectivity index (χ4v) is 2.72. The number of benzene rings is 2. The average molecular weight is 398 g/mol. The highest BCUT2D eigenvalue weighted by Gasteiger charge is 2.15. The molecule has 4 rings (SSSR count). The van der Waals surface area contributed by atoms with E-state index >= 15 is 0 Å². The Kier molecular flexibility index (Phi) is 4.26. The highest BCUT2D eigenvalue weighted by molar-refractivity contribution is 9.10. The summed E-state index contributed by atoms with van der Waals surface area (Å²) in [5.41, 5.74) is 5.31. The van der Waals surface area contributed by atoms with Crippen molar-refractivity contribution in [2.75, 3.05) is 12.2 Å². The molecule has 0 atom stereocenters. The second-order valence-corrected chi connectivity index (χ2v) is 5.98. The normalized spacial score (nSPS) is 12.5. The summed E-state index contributed by atoms with van der Waals surface area (Å²) in [5, 5.41) is 12.1. The van der Waals surface area contributed by atoms with Crippen LogP contribution in [0.5, 0.6) is 11.5 Å². The van der Waals surface area contributed by atoms with E-state index in [2.05, 4.69) is 41.6 Å². The zero-order chi connectivity index (χ0) is 17.1. The number of rotatable bonds is 4. The van der Waals surface area contributed by atoms with Gasteiger partial charge in [-0.2, -0.15) is 10.2 Å². The molecule has 0 radical (unpaired) electrons. The molecule has 0 aliphatic carbocycles. The number of aromatic nitrogens is 3. The van der Waals surface area contributed by atoms with Crippen molar-refractivity contribution in [3.05, 3.63) is 58.7 Å². The van der Waals surface area contributed by atoms with E-state index in [1.807, 2.05) is 42.5 Å². The molecule has 0 amide bonds. The first-order valence-electron chi connectivity index (χ1n) is 7.43. The standard InChI is InChI=1S/C17H12BrN5O2/c18-13-7-16-15(24-10-25-16)6-12(13)8-19-22-17-21-14(9-20-23-17)11-4-2-1-3-5-11/h1-9H,10H2,(H,21,22,23)/b19-8-. The Morgan fingerprint density at radius 2 is 1.92 bits per heavy atom. The van der Waals surface area contributed by atoms with Gasteiger partial charge in [0.2, 0.25) is 6.79 Å². The van der Waals surface area contributed by atoms with Gasteiger partial charge in [-0.05, 0) is 28.1 Å². The minimum Gasteiger partial charge on any atom is -0.454 e. The molecule has 0 unspecified atom stereocenters. The van der Waals surface area contributed by atoms with E-state index in [0.29, 0.717) is 17.4 Å². The van der Waals surface area contributed by atoms with Gasteiger partial charge in [0, 0.05) is 15.6 Å². The quantitative estimate of drug-likeness (QED) is 0.536. The highest BCUT2D eigenvalue weighted by Crippen LogP contribution is 2.36. The molecular formula is C17H12BrN5O2. The van der Waals surface area contributed by atoms with E-state index < -0.39 is 0 Å². The van der Waals surface area contributed by atoms with Gasteiger partial charge in [-0.15, -0.1) is 5.10 Å². The van der Waals surface area contributed by atoms with Gasteiger partial charge >= 0.3 is 0 Å². The van der Waals surface area contributed by atoms with E-state index in [-0.39, 0.29) is 6.79 Å². The molecule has 1 aromatic heterocycles. The number of nitrogens with zero attached hydrogens (tertiary/aromatic N) is 4. The third kappa shape index (κ3) is 3.43. The van der Waals surface area contributed by atoms with E-state index in [4.69, 9.17) is 9.47 Å². The summed E-state index contributed by atoms with van der Waals surface area (Å²) >= 11 is 3.48. The molecule has 2 aromatic carbocycles. The van der Waals surface area contributed by atoms with Crippen molar-refractivity contribution in [2.24, 2.45) is 5.10 Å². The smallest absolute Gasteiger partial charge is 0.263 e. The maximum absolute atomic E-state index is 5.36. The summed E-state index contributed by atoms with van der Waals surface area (Å²) in [4.78, 5) is 4.40. The van der Waals surface area contributed by atoms with E-state index in [1.165, 1.54) is 0 Å². The van der Waals surface area contributed by atoms with Crippen LogP contribution in [0.1, 0.15) is 5.56 Å². The van der Waals surface area contributed by atoms with Gasteiger partial charge in [0.15, 0.2) is 11.5 Å². The first-order valence-corrected chi connectivity index (χ1v) is 8.22. The molecule has 1 aliphatic heterocycles. The van der Waals surface area contributed by atoms with Crippen LogP contribution in [0.2, 0.25) is 0 Å². The Balaban J connectivity index is 1.51. The van der Waals surface area contributed by atoms with Crippen molar-refractivity contribution >= 4 is 28.1 Å². The Bertz CT molecular complexity index is 934. The van der Waals surface area contributed by atoms with E-state index in [0.717, 1.165) is 21.3 Å². The van der Waals surface area contributed by atoms with Crippen LogP contribution in [0.3, 0.4) is 0 Å². The number of anilines is 1. The predicted octanol–water partition coefficient (Wildman–Crippen LogP) is 3.48. The molecule has 25 heavy (non-hydrogen) atoms. The summed E-state index contributed by atoms with van der Waals surface area (Å²) in [7, 11) is 0. The Morgan fingerprint density at radius 3 is 2.76 bits per heavy atom. The van der Waals surface area contributed by atoms with Crippen molar-refractivity contribution in [1.82, 2.24) is 15.2 Å². The predicted molar refractivity (Wildman–Crippen MR) is 96.7 cm³/mol. The monoisotopic (exact) mass is 397 g/mol. The van der Waals surface area contributed by atoms with E-state index in [9.17, 15) is 0 Å². The largest absolute Gasteiger partial charge is 0.454 e. The fourth-order valence-electron chi connectivity index (χ4n) is 2.29. The lowest BCUT2D eigenvalue weighted by Gasteiger charge is -2.03. The fraction of sp³-hybridized carbons (Fsp3) is 0.0588. The zero-order valence-corrected chi connectivity index (χ0v) is 14.5. The Labute approximate surface area is 151 Å². The van der Waals surface area contributed by atoms with Crippen molar-refractivity contribution in [3.63, 3.8) is 0 Å². The number of hydrogen-bond acceptors (Lipinski definition) is 7. The van der Waals surface area contributed by atoms with Crippen LogP contribution >= 0.6 is 15.9 Å². The van der Waals surface area contributed by atoms with Gasteiger partial charge in [-0.3, -0.25) is 0 Å². The molecule has 3 aromatic rings. The SMILES string of the molecule is Brc1cc2c(cc1/C=N\Nc1nncc(-c3ccccc3)n1)OCO2. The molecule has 8 heteroatoms. The lowest BCUT2D eigenvalue weighted by Crippen LogP contribution is -2.00. The Morgan fingerprint density at radius 1 is 1.12 bits per heavy atom. The summed E-state index contributed by atoms with van der Waals surface area (Å²) in [5.74, 6) is 1.71. The number of nitrogens with one attached hydrogen (secondary N) is 1. The molecule has 1 aliphatic rings. The molecule has 2 heterocycles. The third-order valence-electron chi connectivity index (χ3n) is 3.49. The molecular weight excluding hydrogens is 386 g/mol.